The van der Waals surface area contributed by atoms with E-state index >= 15 is 0 Å². The molecule has 0 aromatic carbocycles. The molecule has 0 radical (unpaired) electrons. The quantitative estimate of drug-likeness (QED) is 0.646. The first kappa shape index (κ1) is 18.6. The fraction of sp³-hybridized carbons (Fsp3) is 0.368. The zero-order valence-corrected chi connectivity index (χ0v) is 16.6. The van der Waals surface area contributed by atoms with Gasteiger partial charge in [0.2, 0.25) is 0 Å². The van der Waals surface area contributed by atoms with Gasteiger partial charge < -0.3 is 4.90 Å². The summed E-state index contributed by atoms with van der Waals surface area (Å²) in [4.78, 5) is 47.1. The van der Waals surface area contributed by atoms with Gasteiger partial charge in [-0.05, 0) is 23.6 Å². The number of carbonyl (C=O) groups is 1. The normalized spacial score (nSPS) is 15.3. The predicted molar refractivity (Wildman–Crippen MR) is 108 cm³/mol. The van der Waals surface area contributed by atoms with Crippen LogP contribution in [0.5, 0.6) is 0 Å². The lowest BCUT2D eigenvalue weighted by atomic mass is 10.2. The third kappa shape index (κ3) is 3.27. The van der Waals surface area contributed by atoms with E-state index in [1.54, 1.807) is 35.4 Å². The minimum atomic E-state index is -0.461. The van der Waals surface area contributed by atoms with E-state index < -0.39 is 11.2 Å². The van der Waals surface area contributed by atoms with Crippen LogP contribution < -0.4 is 11.2 Å². The molecule has 0 aliphatic carbocycles. The van der Waals surface area contributed by atoms with Crippen molar-refractivity contribution >= 4 is 28.3 Å². The molecule has 1 fully saturated rings. The summed E-state index contributed by atoms with van der Waals surface area (Å²) in [5.41, 5.74) is -0.388. The van der Waals surface area contributed by atoms with Gasteiger partial charge in [-0.2, -0.15) is 0 Å². The summed E-state index contributed by atoms with van der Waals surface area (Å²) in [6, 6.07) is 7.31. The van der Waals surface area contributed by atoms with Crippen molar-refractivity contribution in [3.63, 3.8) is 0 Å². The van der Waals surface area contributed by atoms with Crippen LogP contribution in [0, 0.1) is 0 Å². The minimum absolute atomic E-state index is 0.175. The molecule has 4 rings (SSSR count). The van der Waals surface area contributed by atoms with Crippen LogP contribution in [0.1, 0.15) is 15.4 Å². The van der Waals surface area contributed by atoms with Crippen molar-refractivity contribution in [3.8, 4) is 0 Å². The van der Waals surface area contributed by atoms with Gasteiger partial charge in [-0.1, -0.05) is 6.07 Å². The second kappa shape index (κ2) is 7.33. The highest BCUT2D eigenvalue weighted by Gasteiger charge is 2.24. The van der Waals surface area contributed by atoms with E-state index in [-0.39, 0.29) is 17.2 Å². The van der Waals surface area contributed by atoms with Gasteiger partial charge in [-0.25, -0.2) is 9.78 Å². The standard InChI is InChI=1S/C19H21N5O3S/c1-21-16-14(17(25)22(2)19(21)27)5-6-15(20-16)18(26)24-9-7-23(8-10-24)12-13-4-3-11-28-13/h3-6,11H,7-10,12H2,1-2H3. The van der Waals surface area contributed by atoms with Crippen LogP contribution in [0.2, 0.25) is 0 Å². The Morgan fingerprint density at radius 2 is 1.82 bits per heavy atom. The Hall–Kier alpha value is -2.78. The molecule has 1 aliphatic heterocycles. The third-order valence-electron chi connectivity index (χ3n) is 5.14. The van der Waals surface area contributed by atoms with Crippen molar-refractivity contribution in [2.24, 2.45) is 14.1 Å². The van der Waals surface area contributed by atoms with E-state index in [0.717, 1.165) is 24.2 Å². The molecule has 0 saturated carbocycles. The average Bonchev–Trinajstić information content (AvgIpc) is 3.23. The molecule has 3 aromatic heterocycles. The van der Waals surface area contributed by atoms with E-state index in [4.69, 9.17) is 0 Å². The van der Waals surface area contributed by atoms with Crippen LogP contribution in [0.15, 0.2) is 39.2 Å². The summed E-state index contributed by atoms with van der Waals surface area (Å²) < 4.78 is 2.34. The molecule has 28 heavy (non-hydrogen) atoms. The van der Waals surface area contributed by atoms with Crippen molar-refractivity contribution in [2.75, 3.05) is 26.2 Å². The van der Waals surface area contributed by atoms with Crippen LogP contribution >= 0.6 is 11.3 Å². The first-order valence-electron chi connectivity index (χ1n) is 9.06. The molecule has 0 unspecified atom stereocenters. The molecular weight excluding hydrogens is 378 g/mol. The SMILES string of the molecule is Cn1c(=O)c2ccc(C(=O)N3CCN(Cc4cccs4)CC3)nc2n(C)c1=O. The van der Waals surface area contributed by atoms with Gasteiger partial charge in [-0.15, -0.1) is 11.3 Å². The molecule has 0 atom stereocenters. The fourth-order valence-electron chi connectivity index (χ4n) is 3.47. The molecule has 0 spiro atoms. The van der Waals surface area contributed by atoms with Crippen LogP contribution in [0.25, 0.3) is 11.0 Å². The number of rotatable bonds is 3. The number of hydrogen-bond acceptors (Lipinski definition) is 6. The summed E-state index contributed by atoms with van der Waals surface area (Å²) in [6.45, 7) is 3.75. The number of aryl methyl sites for hydroxylation is 1. The average molecular weight is 399 g/mol. The molecule has 9 heteroatoms. The van der Waals surface area contributed by atoms with E-state index in [1.807, 2.05) is 6.07 Å². The molecule has 0 N–H and O–H groups in total. The summed E-state index contributed by atoms with van der Waals surface area (Å²) in [6.07, 6.45) is 0. The molecule has 1 aliphatic rings. The van der Waals surface area contributed by atoms with Gasteiger partial charge in [0, 0.05) is 51.7 Å². The smallest absolute Gasteiger partial charge is 0.332 e. The van der Waals surface area contributed by atoms with E-state index in [9.17, 15) is 14.4 Å². The highest BCUT2D eigenvalue weighted by molar-refractivity contribution is 7.09. The Bertz CT molecular complexity index is 1140. The van der Waals surface area contributed by atoms with E-state index in [0.29, 0.717) is 18.5 Å². The van der Waals surface area contributed by atoms with Gasteiger partial charge in [0.15, 0.2) is 0 Å². The van der Waals surface area contributed by atoms with E-state index in [1.165, 1.54) is 16.5 Å². The molecule has 1 amide bonds. The largest absolute Gasteiger partial charge is 0.335 e. The summed E-state index contributed by atoms with van der Waals surface area (Å²) >= 11 is 1.74. The second-order valence-electron chi connectivity index (χ2n) is 6.92. The van der Waals surface area contributed by atoms with Crippen LogP contribution in [0.4, 0.5) is 0 Å². The monoisotopic (exact) mass is 399 g/mol. The number of piperazine rings is 1. The van der Waals surface area contributed by atoms with Gasteiger partial charge in [0.1, 0.15) is 11.3 Å². The summed E-state index contributed by atoms with van der Waals surface area (Å²) in [7, 11) is 2.98. The maximum absolute atomic E-state index is 12.9. The number of fused-ring (bicyclic) bond motifs is 1. The molecule has 3 aromatic rings. The number of thiophene rings is 1. The zero-order chi connectivity index (χ0) is 19.8. The van der Waals surface area contributed by atoms with Gasteiger partial charge in [0.25, 0.3) is 11.5 Å². The number of pyridine rings is 1. The second-order valence-corrected chi connectivity index (χ2v) is 7.95. The highest BCUT2D eigenvalue weighted by Crippen LogP contribution is 2.15. The molecule has 146 valence electrons. The maximum Gasteiger partial charge on any atom is 0.332 e. The predicted octanol–water partition coefficient (Wildman–Crippen LogP) is 0.652. The van der Waals surface area contributed by atoms with Crippen molar-refractivity contribution in [3.05, 3.63) is 61.1 Å². The number of nitrogens with zero attached hydrogens (tertiary/aromatic N) is 5. The number of aromatic nitrogens is 3. The molecule has 0 bridgehead atoms. The Morgan fingerprint density at radius 3 is 2.50 bits per heavy atom. The van der Waals surface area contributed by atoms with Crippen molar-refractivity contribution < 1.29 is 4.79 Å². The molecule has 8 nitrogen and oxygen atoms in total. The lowest BCUT2D eigenvalue weighted by Gasteiger charge is -2.34. The third-order valence-corrected chi connectivity index (χ3v) is 6.00. The van der Waals surface area contributed by atoms with Crippen molar-refractivity contribution in [2.45, 2.75) is 6.54 Å². The number of hydrogen-bond donors (Lipinski definition) is 0. The Labute approximate surface area is 165 Å². The van der Waals surface area contributed by atoms with Crippen molar-refractivity contribution in [1.29, 1.82) is 0 Å². The zero-order valence-electron chi connectivity index (χ0n) is 15.8. The van der Waals surface area contributed by atoms with Crippen molar-refractivity contribution in [1.82, 2.24) is 23.9 Å². The Morgan fingerprint density at radius 1 is 1.07 bits per heavy atom. The minimum Gasteiger partial charge on any atom is -0.335 e. The topological polar surface area (TPSA) is 80.4 Å². The maximum atomic E-state index is 12.9. The number of carbonyl (C=O) groups excluding carboxylic acids is 1. The molecular formula is C19H21N5O3S. The first-order chi connectivity index (χ1) is 13.5. The first-order valence-corrected chi connectivity index (χ1v) is 9.94. The Balaban J connectivity index is 1.53. The van der Waals surface area contributed by atoms with E-state index in [2.05, 4.69) is 21.3 Å². The summed E-state index contributed by atoms with van der Waals surface area (Å²) in [5.74, 6) is -0.175. The lowest BCUT2D eigenvalue weighted by molar-refractivity contribution is 0.0624. The lowest BCUT2D eigenvalue weighted by Crippen LogP contribution is -2.48. The van der Waals surface area contributed by atoms with Gasteiger partial charge in [0.05, 0.1) is 5.39 Å². The highest BCUT2D eigenvalue weighted by atomic mass is 32.1. The molecule has 4 heterocycles. The van der Waals surface area contributed by atoms with Crippen LogP contribution in [-0.2, 0) is 20.6 Å². The summed E-state index contributed by atoms with van der Waals surface area (Å²) in [5, 5.41) is 2.39. The molecule has 1 saturated heterocycles. The number of amides is 1. The fourth-order valence-corrected chi connectivity index (χ4v) is 4.21. The van der Waals surface area contributed by atoms with Crippen LogP contribution in [0.3, 0.4) is 0 Å². The Kier molecular flexibility index (Phi) is 4.86. The van der Waals surface area contributed by atoms with Gasteiger partial charge in [-0.3, -0.25) is 23.6 Å². The van der Waals surface area contributed by atoms with Crippen LogP contribution in [-0.4, -0.2) is 56.0 Å². The van der Waals surface area contributed by atoms with Gasteiger partial charge >= 0.3 is 5.69 Å².